The Morgan fingerprint density at radius 1 is 1.00 bits per heavy atom. The highest BCUT2D eigenvalue weighted by atomic mass is 16.5. The average molecular weight is 385 g/mol. The lowest BCUT2D eigenvalue weighted by Crippen LogP contribution is -2.36. The molecule has 0 radical (unpaired) electrons. The van der Waals surface area contributed by atoms with Gasteiger partial charge in [0.1, 0.15) is 5.75 Å². The quantitative estimate of drug-likeness (QED) is 0.572. The van der Waals surface area contributed by atoms with E-state index in [4.69, 9.17) is 15.2 Å². The van der Waals surface area contributed by atoms with E-state index in [1.807, 2.05) is 0 Å². The topological polar surface area (TPSA) is 137 Å². The van der Waals surface area contributed by atoms with Crippen LogP contribution in [0.15, 0.2) is 48.5 Å². The zero-order valence-corrected chi connectivity index (χ0v) is 15.1. The van der Waals surface area contributed by atoms with Crippen molar-refractivity contribution < 1.29 is 28.7 Å². The monoisotopic (exact) mass is 385 g/mol. The van der Waals surface area contributed by atoms with Crippen LogP contribution in [0.25, 0.3) is 0 Å². The standard InChI is InChI=1S/C19H19N3O6/c1-27-13-8-6-12(7-9-13)18(25)22-15-5-3-2-4-14(15)19(26)28-11-17(24)21-10-16(20)23/h2-9H,10-11H2,1H3,(H2,20,23)(H,21,24)(H,22,25). The molecule has 0 spiro atoms. The smallest absolute Gasteiger partial charge is 0.340 e. The summed E-state index contributed by atoms with van der Waals surface area (Å²) in [6.07, 6.45) is 0. The summed E-state index contributed by atoms with van der Waals surface area (Å²) in [7, 11) is 1.52. The van der Waals surface area contributed by atoms with E-state index in [0.29, 0.717) is 11.3 Å². The molecule has 0 fully saturated rings. The number of amides is 3. The van der Waals surface area contributed by atoms with Crippen molar-refractivity contribution in [3.63, 3.8) is 0 Å². The minimum absolute atomic E-state index is 0.0760. The molecule has 0 aliphatic rings. The summed E-state index contributed by atoms with van der Waals surface area (Å²) < 4.78 is 9.95. The maximum Gasteiger partial charge on any atom is 0.340 e. The van der Waals surface area contributed by atoms with Crippen LogP contribution in [0.1, 0.15) is 20.7 Å². The van der Waals surface area contributed by atoms with Crippen LogP contribution in [0.2, 0.25) is 0 Å². The Bertz CT molecular complexity index is 879. The van der Waals surface area contributed by atoms with Gasteiger partial charge in [0.2, 0.25) is 5.91 Å². The highest BCUT2D eigenvalue weighted by Crippen LogP contribution is 2.18. The van der Waals surface area contributed by atoms with Gasteiger partial charge in [0, 0.05) is 5.56 Å². The van der Waals surface area contributed by atoms with Crippen LogP contribution < -0.4 is 21.1 Å². The molecule has 0 saturated heterocycles. The molecule has 0 atom stereocenters. The second kappa shape index (κ2) is 9.72. The Hall–Kier alpha value is -3.88. The molecule has 4 N–H and O–H groups in total. The molecule has 0 aliphatic carbocycles. The number of para-hydroxylation sites is 1. The van der Waals surface area contributed by atoms with E-state index < -0.39 is 30.3 Å². The number of nitrogens with one attached hydrogen (secondary N) is 2. The number of hydrogen-bond acceptors (Lipinski definition) is 6. The normalized spacial score (nSPS) is 9.89. The van der Waals surface area contributed by atoms with Crippen molar-refractivity contribution in [1.29, 1.82) is 0 Å². The number of methoxy groups -OCH3 is 1. The fourth-order valence-electron chi connectivity index (χ4n) is 2.15. The molecule has 3 amide bonds. The number of carbonyl (C=O) groups is 4. The molecular weight excluding hydrogens is 366 g/mol. The molecule has 0 unspecified atom stereocenters. The van der Waals surface area contributed by atoms with Crippen molar-refractivity contribution in [2.45, 2.75) is 0 Å². The summed E-state index contributed by atoms with van der Waals surface area (Å²) in [4.78, 5) is 46.8. The summed E-state index contributed by atoms with van der Waals surface area (Å²) >= 11 is 0. The molecule has 0 heterocycles. The van der Waals surface area contributed by atoms with E-state index in [9.17, 15) is 19.2 Å². The zero-order chi connectivity index (χ0) is 20.5. The van der Waals surface area contributed by atoms with Gasteiger partial charge in [0.25, 0.3) is 11.8 Å². The van der Waals surface area contributed by atoms with Crippen LogP contribution in [-0.4, -0.2) is 44.0 Å². The Kier molecular flexibility index (Phi) is 7.09. The van der Waals surface area contributed by atoms with Gasteiger partial charge in [-0.3, -0.25) is 14.4 Å². The maximum atomic E-state index is 12.4. The van der Waals surface area contributed by atoms with Gasteiger partial charge >= 0.3 is 5.97 Å². The van der Waals surface area contributed by atoms with Gasteiger partial charge in [-0.25, -0.2) is 4.79 Å². The summed E-state index contributed by atoms with van der Waals surface area (Å²) in [5, 5.41) is 4.83. The molecule has 146 valence electrons. The Morgan fingerprint density at radius 2 is 1.68 bits per heavy atom. The second-order valence-corrected chi connectivity index (χ2v) is 5.55. The van der Waals surface area contributed by atoms with Gasteiger partial charge in [-0.05, 0) is 36.4 Å². The number of esters is 1. The van der Waals surface area contributed by atoms with Gasteiger partial charge in [-0.1, -0.05) is 12.1 Å². The molecule has 9 nitrogen and oxygen atoms in total. The highest BCUT2D eigenvalue weighted by molar-refractivity contribution is 6.08. The zero-order valence-electron chi connectivity index (χ0n) is 15.1. The lowest BCUT2D eigenvalue weighted by atomic mass is 10.1. The van der Waals surface area contributed by atoms with Crippen molar-refractivity contribution in [3.8, 4) is 5.75 Å². The van der Waals surface area contributed by atoms with Gasteiger partial charge in [0.05, 0.1) is 24.9 Å². The van der Waals surface area contributed by atoms with Gasteiger partial charge < -0.3 is 25.8 Å². The van der Waals surface area contributed by atoms with E-state index in [-0.39, 0.29) is 17.8 Å². The number of benzene rings is 2. The van der Waals surface area contributed by atoms with Gasteiger partial charge in [0.15, 0.2) is 6.61 Å². The first-order valence-electron chi connectivity index (χ1n) is 8.17. The van der Waals surface area contributed by atoms with Crippen LogP contribution in [0.4, 0.5) is 5.69 Å². The second-order valence-electron chi connectivity index (χ2n) is 5.55. The summed E-state index contributed by atoms with van der Waals surface area (Å²) in [6.45, 7) is -0.947. The summed E-state index contributed by atoms with van der Waals surface area (Å²) in [5.74, 6) is -2.02. The van der Waals surface area contributed by atoms with E-state index in [1.54, 1.807) is 36.4 Å². The molecule has 2 aromatic rings. The van der Waals surface area contributed by atoms with E-state index >= 15 is 0 Å². The third kappa shape index (κ3) is 5.84. The molecule has 9 heteroatoms. The number of hydrogen-bond donors (Lipinski definition) is 3. The third-order valence-corrected chi connectivity index (χ3v) is 3.54. The summed E-state index contributed by atoms with van der Waals surface area (Å²) in [6, 6.07) is 12.7. The van der Waals surface area contributed by atoms with E-state index in [2.05, 4.69) is 10.6 Å². The Balaban J connectivity index is 2.02. The predicted octanol–water partition coefficient (Wildman–Crippen LogP) is 0.706. The summed E-state index contributed by atoms with van der Waals surface area (Å²) in [5.41, 5.74) is 5.58. The third-order valence-electron chi connectivity index (χ3n) is 3.54. The number of anilines is 1. The minimum atomic E-state index is -0.806. The first kappa shape index (κ1) is 20.4. The Morgan fingerprint density at radius 3 is 2.32 bits per heavy atom. The molecule has 0 aliphatic heterocycles. The van der Waals surface area contributed by atoms with Crippen molar-refractivity contribution in [3.05, 3.63) is 59.7 Å². The predicted molar refractivity (Wildman–Crippen MR) is 99.9 cm³/mol. The fourth-order valence-corrected chi connectivity index (χ4v) is 2.15. The molecule has 0 aromatic heterocycles. The number of rotatable bonds is 8. The average Bonchev–Trinajstić information content (AvgIpc) is 2.70. The molecule has 0 bridgehead atoms. The van der Waals surface area contributed by atoms with E-state index in [0.717, 1.165) is 0 Å². The Labute approximate surface area is 160 Å². The minimum Gasteiger partial charge on any atom is -0.497 e. The lowest BCUT2D eigenvalue weighted by Gasteiger charge is -2.11. The van der Waals surface area contributed by atoms with Crippen molar-refractivity contribution in [2.75, 3.05) is 25.6 Å². The SMILES string of the molecule is COc1ccc(C(=O)Nc2ccccc2C(=O)OCC(=O)NCC(N)=O)cc1. The number of ether oxygens (including phenoxy) is 2. The number of carbonyl (C=O) groups excluding carboxylic acids is 4. The number of primary amides is 1. The van der Waals surface area contributed by atoms with Crippen molar-refractivity contribution in [1.82, 2.24) is 5.32 Å². The molecule has 2 aromatic carbocycles. The first-order valence-corrected chi connectivity index (χ1v) is 8.17. The fraction of sp³-hybridized carbons (Fsp3) is 0.158. The number of nitrogens with two attached hydrogens (primary N) is 1. The molecule has 28 heavy (non-hydrogen) atoms. The van der Waals surface area contributed by atoms with Crippen molar-refractivity contribution >= 4 is 29.4 Å². The van der Waals surface area contributed by atoms with Crippen LogP contribution in [0, 0.1) is 0 Å². The largest absolute Gasteiger partial charge is 0.497 e. The van der Waals surface area contributed by atoms with Crippen LogP contribution in [0.3, 0.4) is 0 Å². The van der Waals surface area contributed by atoms with Gasteiger partial charge in [-0.2, -0.15) is 0 Å². The molecule has 2 rings (SSSR count). The molecule has 0 saturated carbocycles. The highest BCUT2D eigenvalue weighted by Gasteiger charge is 2.16. The van der Waals surface area contributed by atoms with Gasteiger partial charge in [-0.15, -0.1) is 0 Å². The first-order chi connectivity index (χ1) is 13.4. The maximum absolute atomic E-state index is 12.4. The van der Waals surface area contributed by atoms with Crippen LogP contribution in [-0.2, 0) is 14.3 Å². The van der Waals surface area contributed by atoms with E-state index in [1.165, 1.54) is 19.2 Å². The van der Waals surface area contributed by atoms with Crippen LogP contribution in [0.5, 0.6) is 5.75 Å². The lowest BCUT2D eigenvalue weighted by molar-refractivity contribution is -0.127. The van der Waals surface area contributed by atoms with Crippen molar-refractivity contribution in [2.24, 2.45) is 5.73 Å². The molecular formula is C19H19N3O6. The van der Waals surface area contributed by atoms with Crippen LogP contribution >= 0.6 is 0 Å².